The van der Waals surface area contributed by atoms with Gasteiger partial charge in [0.2, 0.25) is 17.7 Å². The summed E-state index contributed by atoms with van der Waals surface area (Å²) in [5, 5.41) is 11.1. The summed E-state index contributed by atoms with van der Waals surface area (Å²) in [5.41, 5.74) is 0. The third kappa shape index (κ3) is 4.86. The van der Waals surface area contributed by atoms with Crippen LogP contribution in [0.3, 0.4) is 0 Å². The number of amides is 3. The van der Waals surface area contributed by atoms with E-state index < -0.39 is 0 Å². The lowest BCUT2D eigenvalue weighted by Gasteiger charge is -2.23. The zero-order chi connectivity index (χ0) is 13.7. The Morgan fingerprint density at radius 3 is 2.74 bits per heavy atom. The molecule has 0 aromatic heterocycles. The van der Waals surface area contributed by atoms with Gasteiger partial charge in [0.05, 0.1) is 6.54 Å². The molecule has 1 heterocycles. The summed E-state index contributed by atoms with van der Waals surface area (Å²) in [4.78, 5) is 34.0. The minimum absolute atomic E-state index is 0.0554. The molecule has 19 heavy (non-hydrogen) atoms. The largest absolute Gasteiger partial charge is 0.355 e. The number of rotatable bonds is 6. The number of nitrogens with one attached hydrogen (secondary N) is 4. The highest BCUT2D eigenvalue weighted by molar-refractivity contribution is 5.86. The molecule has 0 radical (unpaired) electrons. The van der Waals surface area contributed by atoms with Crippen molar-refractivity contribution in [1.82, 2.24) is 21.3 Å². The van der Waals surface area contributed by atoms with Gasteiger partial charge in [0.1, 0.15) is 6.04 Å². The van der Waals surface area contributed by atoms with Crippen molar-refractivity contribution in [1.29, 1.82) is 0 Å². The molecule has 1 saturated heterocycles. The predicted octanol–water partition coefficient (Wildman–Crippen LogP) is -1.75. The van der Waals surface area contributed by atoms with Gasteiger partial charge >= 0.3 is 0 Å². The topological polar surface area (TPSA) is 99.3 Å². The molecule has 3 amide bonds. The lowest BCUT2D eigenvalue weighted by Crippen LogP contribution is -2.58. The van der Waals surface area contributed by atoms with Crippen LogP contribution in [0.4, 0.5) is 0 Å². The van der Waals surface area contributed by atoms with Gasteiger partial charge in [0.15, 0.2) is 0 Å². The van der Waals surface area contributed by atoms with Gasteiger partial charge in [-0.3, -0.25) is 19.7 Å². The van der Waals surface area contributed by atoms with E-state index in [2.05, 4.69) is 21.3 Å². The maximum absolute atomic E-state index is 11.7. The second-order valence-corrected chi connectivity index (χ2v) is 4.97. The van der Waals surface area contributed by atoms with E-state index >= 15 is 0 Å². The van der Waals surface area contributed by atoms with Gasteiger partial charge in [-0.1, -0.05) is 0 Å². The molecular formula is C12H20N4O3. The van der Waals surface area contributed by atoms with Crippen LogP contribution >= 0.6 is 0 Å². The Morgan fingerprint density at radius 1 is 1.32 bits per heavy atom. The average molecular weight is 268 g/mol. The maximum Gasteiger partial charge on any atom is 0.238 e. The van der Waals surface area contributed by atoms with E-state index in [1.54, 1.807) is 0 Å². The van der Waals surface area contributed by atoms with Gasteiger partial charge in [0, 0.05) is 25.6 Å². The molecule has 7 nitrogen and oxygen atoms in total. The van der Waals surface area contributed by atoms with Gasteiger partial charge in [-0.2, -0.15) is 0 Å². The fourth-order valence-corrected chi connectivity index (χ4v) is 1.86. The van der Waals surface area contributed by atoms with Crippen LogP contribution in [0, 0.1) is 0 Å². The Bertz CT molecular complexity index is 358. The minimum atomic E-state index is -0.377. The van der Waals surface area contributed by atoms with Gasteiger partial charge < -0.3 is 16.0 Å². The summed E-state index contributed by atoms with van der Waals surface area (Å²) in [5.74, 6) is -0.178. The van der Waals surface area contributed by atoms with Crippen molar-refractivity contribution in [2.75, 3.05) is 19.6 Å². The van der Waals surface area contributed by atoms with E-state index in [-0.39, 0.29) is 30.3 Å². The molecule has 1 aliphatic carbocycles. The third-order valence-corrected chi connectivity index (χ3v) is 3.15. The van der Waals surface area contributed by atoms with Crippen LogP contribution in [0.1, 0.15) is 25.7 Å². The second-order valence-electron chi connectivity index (χ2n) is 4.97. The van der Waals surface area contributed by atoms with Crippen LogP contribution in [0.5, 0.6) is 0 Å². The first-order valence-corrected chi connectivity index (χ1v) is 6.72. The fraction of sp³-hybridized carbons (Fsp3) is 0.750. The average Bonchev–Trinajstić information content (AvgIpc) is 3.19. The number of piperazine rings is 1. The molecule has 0 aromatic rings. The highest BCUT2D eigenvalue weighted by atomic mass is 16.2. The highest BCUT2D eigenvalue weighted by Crippen LogP contribution is 2.18. The van der Waals surface area contributed by atoms with Crippen LogP contribution in [0.2, 0.25) is 0 Å². The SMILES string of the molecule is O=C1CNC(C(=O)NCCCC(=O)NC2CC2)CN1. The molecule has 2 rings (SSSR count). The highest BCUT2D eigenvalue weighted by Gasteiger charge is 2.24. The van der Waals surface area contributed by atoms with E-state index in [4.69, 9.17) is 0 Å². The quantitative estimate of drug-likeness (QED) is 0.429. The van der Waals surface area contributed by atoms with E-state index in [0.29, 0.717) is 32.0 Å². The molecule has 4 N–H and O–H groups in total. The van der Waals surface area contributed by atoms with Crippen LogP contribution in [0.15, 0.2) is 0 Å². The van der Waals surface area contributed by atoms with Crippen LogP contribution in [-0.4, -0.2) is 49.4 Å². The first-order chi connectivity index (χ1) is 9.15. The number of hydrogen-bond donors (Lipinski definition) is 4. The Balaban J connectivity index is 1.53. The molecule has 2 fully saturated rings. The van der Waals surface area contributed by atoms with Crippen LogP contribution < -0.4 is 21.3 Å². The Kier molecular flexibility index (Phi) is 4.73. The monoisotopic (exact) mass is 268 g/mol. The van der Waals surface area contributed by atoms with Crippen molar-refractivity contribution in [2.45, 2.75) is 37.8 Å². The summed E-state index contributed by atoms with van der Waals surface area (Å²) < 4.78 is 0. The molecule has 7 heteroatoms. The standard InChI is InChI=1S/C12H20N4O3/c17-10(16-8-3-4-8)2-1-5-13-12(19)9-6-15-11(18)7-14-9/h8-9,14H,1-7H2,(H,13,19)(H,15,18)(H,16,17). The van der Waals surface area contributed by atoms with Gasteiger partial charge in [-0.05, 0) is 19.3 Å². The van der Waals surface area contributed by atoms with Crippen molar-refractivity contribution < 1.29 is 14.4 Å². The molecule has 0 spiro atoms. The van der Waals surface area contributed by atoms with Crippen molar-refractivity contribution >= 4 is 17.7 Å². The van der Waals surface area contributed by atoms with Crippen molar-refractivity contribution in [3.05, 3.63) is 0 Å². The normalized spacial score (nSPS) is 22.5. The van der Waals surface area contributed by atoms with E-state index in [9.17, 15) is 14.4 Å². The smallest absolute Gasteiger partial charge is 0.238 e. The molecule has 1 saturated carbocycles. The molecule has 2 aliphatic rings. The van der Waals surface area contributed by atoms with Crippen molar-refractivity contribution in [2.24, 2.45) is 0 Å². The van der Waals surface area contributed by atoms with E-state index in [0.717, 1.165) is 12.8 Å². The molecule has 1 unspecified atom stereocenters. The van der Waals surface area contributed by atoms with E-state index in [1.165, 1.54) is 0 Å². The fourth-order valence-electron chi connectivity index (χ4n) is 1.86. The molecule has 106 valence electrons. The summed E-state index contributed by atoms with van der Waals surface area (Å²) >= 11 is 0. The lowest BCUT2D eigenvalue weighted by molar-refractivity contribution is -0.127. The first-order valence-electron chi connectivity index (χ1n) is 6.72. The van der Waals surface area contributed by atoms with Crippen LogP contribution in [0.25, 0.3) is 0 Å². The maximum atomic E-state index is 11.7. The predicted molar refractivity (Wildman–Crippen MR) is 68.2 cm³/mol. The number of hydrogen-bond acceptors (Lipinski definition) is 4. The molecule has 1 atom stereocenters. The Morgan fingerprint density at radius 2 is 2.11 bits per heavy atom. The Hall–Kier alpha value is -1.63. The Labute approximate surface area is 111 Å². The molecule has 0 aromatic carbocycles. The van der Waals surface area contributed by atoms with E-state index in [1.807, 2.05) is 0 Å². The van der Waals surface area contributed by atoms with Crippen LogP contribution in [-0.2, 0) is 14.4 Å². The summed E-state index contributed by atoms with van der Waals surface area (Å²) in [6.07, 6.45) is 3.23. The third-order valence-electron chi connectivity index (χ3n) is 3.15. The summed E-state index contributed by atoms with van der Waals surface area (Å²) in [7, 11) is 0. The van der Waals surface area contributed by atoms with Gasteiger partial charge in [-0.15, -0.1) is 0 Å². The molecular weight excluding hydrogens is 248 g/mol. The summed E-state index contributed by atoms with van der Waals surface area (Å²) in [6, 6.07) is 0.00938. The number of carbonyl (C=O) groups is 3. The molecule has 0 bridgehead atoms. The van der Waals surface area contributed by atoms with Crippen molar-refractivity contribution in [3.8, 4) is 0 Å². The first kappa shape index (κ1) is 13.8. The van der Waals surface area contributed by atoms with Gasteiger partial charge in [-0.25, -0.2) is 0 Å². The van der Waals surface area contributed by atoms with Gasteiger partial charge in [0.25, 0.3) is 0 Å². The second kappa shape index (κ2) is 6.51. The minimum Gasteiger partial charge on any atom is -0.355 e. The zero-order valence-corrected chi connectivity index (χ0v) is 10.8. The zero-order valence-electron chi connectivity index (χ0n) is 10.8. The molecule has 1 aliphatic heterocycles. The summed E-state index contributed by atoms with van der Waals surface area (Å²) in [6.45, 7) is 0.956. The van der Waals surface area contributed by atoms with Crippen molar-refractivity contribution in [3.63, 3.8) is 0 Å². The lowest BCUT2D eigenvalue weighted by atomic mass is 10.2. The number of carbonyl (C=O) groups excluding carboxylic acids is 3.